The molecule has 1 rings (SSSR count). The van der Waals surface area contributed by atoms with E-state index in [1.165, 1.54) is 0 Å². The van der Waals surface area contributed by atoms with Crippen LogP contribution >= 0.6 is 0 Å². The number of Topliss-reactive ketones (excluding diaryl/α,β-unsaturated/α-hetero) is 1. The van der Waals surface area contributed by atoms with Crippen molar-refractivity contribution in [2.45, 2.75) is 20.4 Å². The van der Waals surface area contributed by atoms with Gasteiger partial charge < -0.3 is 4.57 Å². The van der Waals surface area contributed by atoms with E-state index in [2.05, 4.69) is 11.8 Å². The number of aromatic nitrogens is 1. The van der Waals surface area contributed by atoms with Gasteiger partial charge in [0.15, 0.2) is 5.78 Å². The number of hydrogen-bond acceptors (Lipinski definition) is 1. The lowest BCUT2D eigenvalue weighted by Gasteiger charge is -1.91. The quantitative estimate of drug-likeness (QED) is 0.478. The molecule has 0 aliphatic heterocycles. The van der Waals surface area contributed by atoms with Gasteiger partial charge in [-0.25, -0.2) is 0 Å². The van der Waals surface area contributed by atoms with Gasteiger partial charge in [-0.05, 0) is 19.9 Å². The largest absolute Gasteiger partial charge is 0.342 e. The second-order valence-corrected chi connectivity index (χ2v) is 2.56. The molecule has 2 heteroatoms. The fourth-order valence-corrected chi connectivity index (χ4v) is 0.918. The molecule has 1 aromatic rings. The molecule has 1 heterocycles. The average Bonchev–Trinajstić information content (AvgIpc) is 2.48. The highest BCUT2D eigenvalue weighted by Crippen LogP contribution is 2.01. The van der Waals surface area contributed by atoms with Crippen LogP contribution in [-0.2, 0) is 6.54 Å². The zero-order valence-electron chi connectivity index (χ0n) is 7.29. The summed E-state index contributed by atoms with van der Waals surface area (Å²) in [6, 6.07) is 1.81. The van der Waals surface area contributed by atoms with Crippen LogP contribution in [-0.4, -0.2) is 10.4 Å². The summed E-state index contributed by atoms with van der Waals surface area (Å²) >= 11 is 0. The summed E-state index contributed by atoms with van der Waals surface area (Å²) in [4.78, 5) is 10.9. The van der Waals surface area contributed by atoms with Crippen LogP contribution in [0.2, 0.25) is 0 Å². The van der Waals surface area contributed by atoms with E-state index in [0.29, 0.717) is 6.54 Å². The molecule has 0 saturated carbocycles. The van der Waals surface area contributed by atoms with Crippen LogP contribution in [0.3, 0.4) is 0 Å². The second-order valence-electron chi connectivity index (χ2n) is 2.56. The Hall–Kier alpha value is -1.49. The van der Waals surface area contributed by atoms with Gasteiger partial charge in [-0.3, -0.25) is 4.79 Å². The molecule has 1 aromatic heterocycles. The molecule has 0 radical (unpaired) electrons. The summed E-state index contributed by atoms with van der Waals surface area (Å²) < 4.78 is 1.90. The smallest absolute Gasteiger partial charge is 0.161 e. The molecular weight excluding hydrogens is 150 g/mol. The molecule has 0 amide bonds. The third-order valence-corrected chi connectivity index (χ3v) is 1.60. The van der Waals surface area contributed by atoms with Crippen LogP contribution < -0.4 is 0 Å². The van der Waals surface area contributed by atoms with Crippen LogP contribution in [0, 0.1) is 11.8 Å². The Morgan fingerprint density at radius 1 is 1.67 bits per heavy atom. The van der Waals surface area contributed by atoms with Gasteiger partial charge in [0.2, 0.25) is 0 Å². The van der Waals surface area contributed by atoms with Gasteiger partial charge in [-0.15, -0.1) is 5.92 Å². The zero-order valence-corrected chi connectivity index (χ0v) is 7.29. The number of nitrogens with zero attached hydrogens (tertiary/aromatic N) is 1. The van der Waals surface area contributed by atoms with E-state index in [1.807, 2.05) is 17.0 Å². The molecule has 0 aliphatic rings. The third-order valence-electron chi connectivity index (χ3n) is 1.60. The molecular formula is C10H11NO. The van der Waals surface area contributed by atoms with Crippen molar-refractivity contribution >= 4 is 5.78 Å². The number of hydrogen-bond donors (Lipinski definition) is 0. The summed E-state index contributed by atoms with van der Waals surface area (Å²) in [7, 11) is 0. The first kappa shape index (κ1) is 8.61. The van der Waals surface area contributed by atoms with Crippen LogP contribution in [0.15, 0.2) is 18.5 Å². The van der Waals surface area contributed by atoms with Crippen molar-refractivity contribution in [1.82, 2.24) is 4.57 Å². The monoisotopic (exact) mass is 161 g/mol. The second kappa shape index (κ2) is 3.77. The van der Waals surface area contributed by atoms with E-state index in [4.69, 9.17) is 0 Å². The van der Waals surface area contributed by atoms with Crippen LogP contribution in [0.5, 0.6) is 0 Å². The predicted octanol–water partition coefficient (Wildman–Crippen LogP) is 1.71. The first-order valence-electron chi connectivity index (χ1n) is 3.80. The van der Waals surface area contributed by atoms with E-state index in [9.17, 15) is 4.79 Å². The first-order valence-corrected chi connectivity index (χ1v) is 3.80. The zero-order chi connectivity index (χ0) is 8.97. The maximum Gasteiger partial charge on any atom is 0.161 e. The number of rotatable bonds is 2. The highest BCUT2D eigenvalue weighted by Gasteiger charge is 1.99. The van der Waals surface area contributed by atoms with E-state index in [0.717, 1.165) is 5.56 Å². The van der Waals surface area contributed by atoms with Gasteiger partial charge >= 0.3 is 0 Å². The third kappa shape index (κ3) is 2.00. The van der Waals surface area contributed by atoms with E-state index in [1.54, 1.807) is 19.9 Å². The molecule has 62 valence electrons. The Labute approximate surface area is 72.2 Å². The molecule has 0 spiro atoms. The van der Waals surface area contributed by atoms with E-state index < -0.39 is 0 Å². The fourth-order valence-electron chi connectivity index (χ4n) is 0.918. The molecule has 0 unspecified atom stereocenters. The van der Waals surface area contributed by atoms with Crippen molar-refractivity contribution in [3.63, 3.8) is 0 Å². The van der Waals surface area contributed by atoms with Crippen molar-refractivity contribution in [3.05, 3.63) is 24.0 Å². The van der Waals surface area contributed by atoms with Crippen molar-refractivity contribution < 1.29 is 4.79 Å². The minimum Gasteiger partial charge on any atom is -0.342 e. The summed E-state index contributed by atoms with van der Waals surface area (Å²) in [5, 5.41) is 0. The van der Waals surface area contributed by atoms with Gasteiger partial charge in [-0.2, -0.15) is 0 Å². The highest BCUT2D eigenvalue weighted by molar-refractivity contribution is 5.93. The maximum atomic E-state index is 10.9. The van der Waals surface area contributed by atoms with Crippen molar-refractivity contribution in [1.29, 1.82) is 0 Å². The number of carbonyl (C=O) groups is 1. The lowest BCUT2D eigenvalue weighted by Crippen LogP contribution is -1.92. The van der Waals surface area contributed by atoms with Gasteiger partial charge in [0.25, 0.3) is 0 Å². The van der Waals surface area contributed by atoms with Gasteiger partial charge in [-0.1, -0.05) is 5.92 Å². The number of ketones is 1. The summed E-state index contributed by atoms with van der Waals surface area (Å²) in [6.07, 6.45) is 3.67. The summed E-state index contributed by atoms with van der Waals surface area (Å²) in [6.45, 7) is 4.02. The van der Waals surface area contributed by atoms with E-state index >= 15 is 0 Å². The van der Waals surface area contributed by atoms with Gasteiger partial charge in [0, 0.05) is 18.0 Å². The molecule has 12 heavy (non-hydrogen) atoms. The molecule has 0 atom stereocenters. The highest BCUT2D eigenvalue weighted by atomic mass is 16.1. The van der Waals surface area contributed by atoms with Crippen LogP contribution in [0.4, 0.5) is 0 Å². The van der Waals surface area contributed by atoms with Gasteiger partial charge in [0.05, 0.1) is 6.54 Å². The van der Waals surface area contributed by atoms with Crippen molar-refractivity contribution in [3.8, 4) is 11.8 Å². The molecule has 2 nitrogen and oxygen atoms in total. The first-order chi connectivity index (χ1) is 5.74. The minimum atomic E-state index is 0.0956. The molecule has 0 aromatic carbocycles. The number of carbonyl (C=O) groups excluding carboxylic acids is 1. The standard InChI is InChI=1S/C10H11NO/c1-3-4-6-11-7-5-10(8-11)9(2)12/h5,7-8H,6H2,1-2H3. The maximum absolute atomic E-state index is 10.9. The van der Waals surface area contributed by atoms with Crippen LogP contribution in [0.1, 0.15) is 24.2 Å². The average molecular weight is 161 g/mol. The minimum absolute atomic E-state index is 0.0956. The van der Waals surface area contributed by atoms with Crippen LogP contribution in [0.25, 0.3) is 0 Å². The molecule has 0 N–H and O–H groups in total. The molecule has 0 fully saturated rings. The predicted molar refractivity (Wildman–Crippen MR) is 47.9 cm³/mol. The normalized spacial score (nSPS) is 8.83. The Morgan fingerprint density at radius 3 is 2.92 bits per heavy atom. The molecule has 0 aliphatic carbocycles. The lowest BCUT2D eigenvalue weighted by atomic mass is 10.2. The fraction of sp³-hybridized carbons (Fsp3) is 0.300. The Bertz CT molecular complexity index is 338. The van der Waals surface area contributed by atoms with Gasteiger partial charge in [0.1, 0.15) is 0 Å². The molecule has 0 bridgehead atoms. The Morgan fingerprint density at radius 2 is 2.42 bits per heavy atom. The van der Waals surface area contributed by atoms with Crippen molar-refractivity contribution in [2.75, 3.05) is 0 Å². The Balaban J connectivity index is 2.75. The van der Waals surface area contributed by atoms with Crippen molar-refractivity contribution in [2.24, 2.45) is 0 Å². The lowest BCUT2D eigenvalue weighted by molar-refractivity contribution is 0.101. The molecule has 0 saturated heterocycles. The SMILES string of the molecule is CC#CCn1ccc(C(C)=O)c1. The topological polar surface area (TPSA) is 22.0 Å². The van der Waals surface area contributed by atoms with E-state index in [-0.39, 0.29) is 5.78 Å². The Kier molecular flexibility index (Phi) is 2.71. The summed E-state index contributed by atoms with van der Waals surface area (Å²) in [5.41, 5.74) is 0.743. The summed E-state index contributed by atoms with van der Waals surface area (Å²) in [5.74, 6) is 5.81.